The number of carbonyl (C=O) groups excluding carboxylic acids is 1. The minimum Gasteiger partial charge on any atom is -0.379 e. The van der Waals surface area contributed by atoms with Gasteiger partial charge in [-0.15, -0.1) is 0 Å². The molecule has 1 amide bonds. The molecule has 0 saturated heterocycles. The Labute approximate surface area is 194 Å². The van der Waals surface area contributed by atoms with Gasteiger partial charge >= 0.3 is 0 Å². The largest absolute Gasteiger partial charge is 0.379 e. The van der Waals surface area contributed by atoms with Gasteiger partial charge in [0.15, 0.2) is 0 Å². The Bertz CT molecular complexity index is 1150. The van der Waals surface area contributed by atoms with Crippen LogP contribution >= 0.6 is 0 Å². The van der Waals surface area contributed by atoms with Crippen LogP contribution in [-0.4, -0.2) is 32.2 Å². The molecule has 0 bridgehead atoms. The van der Waals surface area contributed by atoms with Gasteiger partial charge in [-0.2, -0.15) is 0 Å². The van der Waals surface area contributed by atoms with E-state index >= 15 is 0 Å². The lowest BCUT2D eigenvalue weighted by Crippen LogP contribution is -2.28. The van der Waals surface area contributed by atoms with E-state index in [0.29, 0.717) is 12.1 Å². The number of benzene rings is 3. The van der Waals surface area contributed by atoms with Gasteiger partial charge in [-0.05, 0) is 67.4 Å². The van der Waals surface area contributed by atoms with Crippen molar-refractivity contribution >= 4 is 27.3 Å². The molecule has 2 N–H and O–H groups in total. The van der Waals surface area contributed by atoms with E-state index in [2.05, 4.69) is 29.7 Å². The van der Waals surface area contributed by atoms with Gasteiger partial charge in [-0.25, -0.2) is 17.1 Å². The summed E-state index contributed by atoms with van der Waals surface area (Å²) < 4.78 is 39.2. The summed E-state index contributed by atoms with van der Waals surface area (Å²) in [4.78, 5) is 12.3. The zero-order valence-electron chi connectivity index (χ0n) is 18.7. The van der Waals surface area contributed by atoms with E-state index in [9.17, 15) is 17.6 Å². The number of nitrogens with one attached hydrogen (secondary N) is 2. The van der Waals surface area contributed by atoms with Crippen molar-refractivity contribution in [3.05, 3.63) is 90.2 Å². The first-order valence-electron chi connectivity index (χ1n) is 10.7. The molecule has 0 heterocycles. The summed E-state index contributed by atoms with van der Waals surface area (Å²) in [6.07, 6.45) is 0.533. The van der Waals surface area contributed by atoms with E-state index in [1.807, 2.05) is 42.5 Å². The normalized spacial score (nSPS) is 12.4. The molecular weight excluding hydrogens is 441 g/mol. The van der Waals surface area contributed by atoms with Crippen molar-refractivity contribution < 1.29 is 17.6 Å². The van der Waals surface area contributed by atoms with Crippen LogP contribution in [0.2, 0.25) is 0 Å². The molecule has 8 heteroatoms. The summed E-state index contributed by atoms with van der Waals surface area (Å²) in [7, 11) is -2.28. The molecule has 1 unspecified atom stereocenters. The Hall–Kier alpha value is -3.23. The van der Waals surface area contributed by atoms with E-state index in [1.165, 1.54) is 29.0 Å². The zero-order chi connectivity index (χ0) is 23.8. The molecule has 174 valence electrons. The minimum absolute atomic E-state index is 0.0196. The molecule has 1 atom stereocenters. The molecule has 0 aliphatic carbocycles. The lowest BCUT2D eigenvalue weighted by molar-refractivity contribution is -0.116. The zero-order valence-corrected chi connectivity index (χ0v) is 19.5. The monoisotopic (exact) mass is 469 g/mol. The predicted octanol–water partition coefficient (Wildman–Crippen LogP) is 5.04. The van der Waals surface area contributed by atoms with Gasteiger partial charge in [0.25, 0.3) is 0 Å². The van der Waals surface area contributed by atoms with Crippen molar-refractivity contribution in [1.82, 2.24) is 4.31 Å². The summed E-state index contributed by atoms with van der Waals surface area (Å²) in [5, 5.41) is 6.25. The van der Waals surface area contributed by atoms with Gasteiger partial charge in [0.1, 0.15) is 5.82 Å². The van der Waals surface area contributed by atoms with Gasteiger partial charge < -0.3 is 10.6 Å². The number of amides is 1. The molecule has 3 aromatic carbocycles. The molecule has 6 nitrogen and oxygen atoms in total. The molecule has 0 spiro atoms. The molecule has 0 saturated carbocycles. The van der Waals surface area contributed by atoms with E-state index in [-0.39, 0.29) is 29.8 Å². The Morgan fingerprint density at radius 3 is 2.18 bits per heavy atom. The summed E-state index contributed by atoms with van der Waals surface area (Å²) >= 11 is 0. The second-order valence-corrected chi connectivity index (χ2v) is 9.83. The van der Waals surface area contributed by atoms with Crippen LogP contribution in [-0.2, 0) is 14.8 Å². The van der Waals surface area contributed by atoms with Gasteiger partial charge in [0, 0.05) is 37.4 Å². The Morgan fingerprint density at radius 2 is 1.55 bits per heavy atom. The highest BCUT2D eigenvalue weighted by molar-refractivity contribution is 7.89. The van der Waals surface area contributed by atoms with Crippen LogP contribution < -0.4 is 10.6 Å². The van der Waals surface area contributed by atoms with Crippen molar-refractivity contribution in [2.45, 2.75) is 30.7 Å². The maximum atomic E-state index is 13.0. The fourth-order valence-corrected chi connectivity index (χ4v) is 4.53. The number of halogens is 1. The summed E-state index contributed by atoms with van der Waals surface area (Å²) in [5.74, 6) is -0.691. The van der Waals surface area contributed by atoms with Crippen LogP contribution in [0.3, 0.4) is 0 Å². The molecule has 33 heavy (non-hydrogen) atoms. The van der Waals surface area contributed by atoms with Gasteiger partial charge in [-0.3, -0.25) is 4.79 Å². The van der Waals surface area contributed by atoms with Crippen molar-refractivity contribution in [3.8, 4) is 0 Å². The number of hydrogen-bond donors (Lipinski definition) is 2. The molecule has 0 aliphatic heterocycles. The lowest BCUT2D eigenvalue weighted by atomic mass is 10.1. The first-order valence-corrected chi connectivity index (χ1v) is 12.1. The maximum Gasteiger partial charge on any atom is 0.242 e. The summed E-state index contributed by atoms with van der Waals surface area (Å²) in [6.45, 7) is 2.26. The molecule has 3 aromatic rings. The molecule has 0 aliphatic rings. The smallest absolute Gasteiger partial charge is 0.242 e. The van der Waals surface area contributed by atoms with Crippen LogP contribution in [0.1, 0.15) is 31.4 Å². The standard InChI is InChI=1S/C25H28FN3O3S/c1-19(20-7-4-3-5-8-20)27-22-12-14-23(15-13-22)28-25(30)9-6-18-29(2)33(31,32)24-16-10-21(26)11-17-24/h3-5,7-8,10-17,19,27H,6,9,18H2,1-2H3,(H,28,30). The minimum atomic E-state index is -3.72. The van der Waals surface area contributed by atoms with Gasteiger partial charge in [-0.1, -0.05) is 30.3 Å². The lowest BCUT2D eigenvalue weighted by Gasteiger charge is -2.17. The summed E-state index contributed by atoms with van der Waals surface area (Å²) in [5.41, 5.74) is 2.79. The number of hydrogen-bond acceptors (Lipinski definition) is 4. The number of nitrogens with zero attached hydrogens (tertiary/aromatic N) is 1. The Morgan fingerprint density at radius 1 is 0.939 bits per heavy atom. The number of carbonyl (C=O) groups is 1. The molecular formula is C25H28FN3O3S. The highest BCUT2D eigenvalue weighted by atomic mass is 32.2. The maximum absolute atomic E-state index is 13.0. The molecule has 0 radical (unpaired) electrons. The topological polar surface area (TPSA) is 78.5 Å². The van der Waals surface area contributed by atoms with Crippen molar-refractivity contribution in [1.29, 1.82) is 0 Å². The van der Waals surface area contributed by atoms with E-state index in [1.54, 1.807) is 0 Å². The van der Waals surface area contributed by atoms with E-state index in [4.69, 9.17) is 0 Å². The number of rotatable bonds is 10. The molecule has 3 rings (SSSR count). The first kappa shape index (κ1) is 24.4. The third kappa shape index (κ3) is 6.87. The van der Waals surface area contributed by atoms with Gasteiger partial charge in [0.05, 0.1) is 4.90 Å². The number of anilines is 2. The van der Waals surface area contributed by atoms with Crippen LogP contribution in [0.25, 0.3) is 0 Å². The average Bonchev–Trinajstić information content (AvgIpc) is 2.81. The fraction of sp³-hybridized carbons (Fsp3) is 0.240. The third-order valence-electron chi connectivity index (χ3n) is 5.25. The predicted molar refractivity (Wildman–Crippen MR) is 129 cm³/mol. The Kier molecular flexibility index (Phi) is 8.19. The average molecular weight is 470 g/mol. The highest BCUT2D eigenvalue weighted by Crippen LogP contribution is 2.21. The van der Waals surface area contributed by atoms with Crippen LogP contribution in [0, 0.1) is 5.82 Å². The van der Waals surface area contributed by atoms with Crippen molar-refractivity contribution in [3.63, 3.8) is 0 Å². The van der Waals surface area contributed by atoms with Crippen LogP contribution in [0.15, 0.2) is 83.8 Å². The molecule has 0 aromatic heterocycles. The first-order chi connectivity index (χ1) is 15.8. The highest BCUT2D eigenvalue weighted by Gasteiger charge is 2.20. The Balaban J connectivity index is 1.45. The SMILES string of the molecule is CC(Nc1ccc(NC(=O)CCCN(C)S(=O)(=O)c2ccc(F)cc2)cc1)c1ccccc1. The van der Waals surface area contributed by atoms with E-state index < -0.39 is 15.8 Å². The van der Waals surface area contributed by atoms with Crippen molar-refractivity contribution in [2.24, 2.45) is 0 Å². The van der Waals surface area contributed by atoms with Gasteiger partial charge in [0.2, 0.25) is 15.9 Å². The van der Waals surface area contributed by atoms with Crippen LogP contribution in [0.5, 0.6) is 0 Å². The van der Waals surface area contributed by atoms with E-state index in [0.717, 1.165) is 17.8 Å². The second-order valence-electron chi connectivity index (χ2n) is 7.79. The molecule has 0 fully saturated rings. The van der Waals surface area contributed by atoms with Crippen molar-refractivity contribution in [2.75, 3.05) is 24.2 Å². The summed E-state index contributed by atoms with van der Waals surface area (Å²) in [6, 6.07) is 22.4. The second kappa shape index (κ2) is 11.1. The van der Waals surface area contributed by atoms with Crippen LogP contribution in [0.4, 0.5) is 15.8 Å². The number of sulfonamides is 1. The quantitative estimate of drug-likeness (QED) is 0.436. The fourth-order valence-electron chi connectivity index (χ4n) is 3.32. The third-order valence-corrected chi connectivity index (χ3v) is 7.12.